The molecule has 6 fully saturated rings. The van der Waals surface area contributed by atoms with E-state index < -0.39 is 224 Å². The van der Waals surface area contributed by atoms with E-state index in [4.69, 9.17) is 52.1 Å². The van der Waals surface area contributed by atoms with Gasteiger partial charge in [-0.15, -0.1) is 0 Å². The second-order valence-electron chi connectivity index (χ2n) is 16.8. The van der Waals surface area contributed by atoms with Crippen LogP contribution in [0.3, 0.4) is 0 Å². The Morgan fingerprint density at radius 2 is 0.582 bits per heavy atom. The number of rotatable bonds is 17. The van der Waals surface area contributed by atoms with Gasteiger partial charge in [0.05, 0.1) is 39.6 Å². The van der Waals surface area contributed by atoms with Gasteiger partial charge in [0, 0.05) is 0 Å². The molecule has 1 unspecified atom stereocenters. The fourth-order valence-corrected chi connectivity index (χ4v) is 8.58. The predicted octanol–water partition coefficient (Wildman–Crippen LogP) is -14.1. The predicted molar refractivity (Wildman–Crippen MR) is 199 cm³/mol. The van der Waals surface area contributed by atoms with Crippen LogP contribution in [0.25, 0.3) is 0 Å². The maximum Gasteiger partial charge on any atom is 0.224 e. The number of aliphatic hydroxyl groups is 20. The summed E-state index contributed by atoms with van der Waals surface area (Å²) in [5.41, 5.74) is 0. The molecular formula is C36H62O31. The van der Waals surface area contributed by atoms with Crippen LogP contribution in [0.2, 0.25) is 0 Å². The van der Waals surface area contributed by atoms with Crippen molar-refractivity contribution in [2.24, 2.45) is 0 Å². The Hall–Kier alpha value is -1.24. The summed E-state index contributed by atoms with van der Waals surface area (Å²) in [4.78, 5) is 0. The topological polar surface area (TPSA) is 506 Å². The molecule has 0 saturated carbocycles. The number of ether oxygens (including phenoxy) is 11. The minimum atomic E-state index is -2.50. The molecule has 67 heavy (non-hydrogen) atoms. The van der Waals surface area contributed by atoms with E-state index in [-0.39, 0.29) is 0 Å². The molecule has 0 radical (unpaired) electrons. The van der Waals surface area contributed by atoms with E-state index in [0.29, 0.717) is 0 Å². The van der Waals surface area contributed by atoms with Crippen molar-refractivity contribution < 1.29 is 154 Å². The van der Waals surface area contributed by atoms with Crippen LogP contribution in [-0.2, 0) is 52.1 Å². The Morgan fingerprint density at radius 3 is 0.881 bits per heavy atom. The molecule has 6 heterocycles. The molecule has 0 aromatic rings. The van der Waals surface area contributed by atoms with Crippen LogP contribution in [0.4, 0.5) is 0 Å². The zero-order valence-corrected chi connectivity index (χ0v) is 35.1. The third-order valence-electron chi connectivity index (χ3n) is 12.5. The van der Waals surface area contributed by atoms with Crippen LogP contribution < -0.4 is 0 Å². The molecule has 6 aliphatic heterocycles. The Bertz CT molecular complexity index is 1520. The quantitative estimate of drug-likeness (QED) is 0.0643. The van der Waals surface area contributed by atoms with E-state index in [1.165, 1.54) is 0 Å². The second kappa shape index (κ2) is 23.1. The van der Waals surface area contributed by atoms with Gasteiger partial charge < -0.3 is 154 Å². The van der Waals surface area contributed by atoms with E-state index in [1.54, 1.807) is 0 Å². The molecule has 0 aromatic carbocycles. The van der Waals surface area contributed by atoms with Crippen molar-refractivity contribution in [2.75, 3.05) is 46.2 Å². The molecule has 20 N–H and O–H groups in total. The summed E-state index contributed by atoms with van der Waals surface area (Å²) >= 11 is 0. The highest BCUT2D eigenvalue weighted by molar-refractivity contribution is 5.01. The lowest BCUT2D eigenvalue weighted by Crippen LogP contribution is -2.68. The molecule has 31 heteroatoms. The van der Waals surface area contributed by atoms with Gasteiger partial charge in [-0.25, -0.2) is 0 Å². The summed E-state index contributed by atoms with van der Waals surface area (Å²) in [6.07, 6.45) is -53.2. The van der Waals surface area contributed by atoms with Crippen molar-refractivity contribution in [1.29, 1.82) is 0 Å². The molecule has 6 saturated heterocycles. The van der Waals surface area contributed by atoms with Gasteiger partial charge in [0.2, 0.25) is 5.79 Å². The van der Waals surface area contributed by atoms with Gasteiger partial charge in [-0.2, -0.15) is 0 Å². The lowest BCUT2D eigenvalue weighted by atomic mass is 9.95. The van der Waals surface area contributed by atoms with Gasteiger partial charge in [0.25, 0.3) is 0 Å². The van der Waals surface area contributed by atoms with Crippen LogP contribution in [0.15, 0.2) is 0 Å². The molecule has 0 aromatic heterocycles. The van der Waals surface area contributed by atoms with Crippen molar-refractivity contribution in [3.05, 3.63) is 0 Å². The van der Waals surface area contributed by atoms with Crippen LogP contribution in [0, 0.1) is 0 Å². The highest BCUT2D eigenvalue weighted by Gasteiger charge is 2.60. The smallest absolute Gasteiger partial charge is 0.224 e. The monoisotopic (exact) mass is 990 g/mol. The molecule has 0 bridgehead atoms. The van der Waals surface area contributed by atoms with Crippen LogP contribution in [-0.4, -0.2) is 326 Å². The summed E-state index contributed by atoms with van der Waals surface area (Å²) < 4.78 is 60.7. The number of hydrogen-bond acceptors (Lipinski definition) is 31. The van der Waals surface area contributed by atoms with Crippen LogP contribution in [0.5, 0.6) is 0 Å². The van der Waals surface area contributed by atoms with E-state index in [2.05, 4.69) is 0 Å². The van der Waals surface area contributed by atoms with Gasteiger partial charge in [0.1, 0.15) is 147 Å². The normalized spacial score (nSPS) is 53.2. The minimum absolute atomic E-state index is 0.829. The van der Waals surface area contributed by atoms with Gasteiger partial charge >= 0.3 is 0 Å². The third kappa shape index (κ3) is 10.8. The summed E-state index contributed by atoms with van der Waals surface area (Å²) in [5, 5.41) is 209. The average Bonchev–Trinajstić information content (AvgIpc) is 3.57. The van der Waals surface area contributed by atoms with Gasteiger partial charge in [-0.05, 0) is 0 Å². The first kappa shape index (κ1) is 55.1. The molecule has 0 spiro atoms. The van der Waals surface area contributed by atoms with Crippen molar-refractivity contribution in [2.45, 2.75) is 178 Å². The van der Waals surface area contributed by atoms with E-state index in [9.17, 15) is 102 Å². The second-order valence-corrected chi connectivity index (χ2v) is 16.8. The highest BCUT2D eigenvalue weighted by Crippen LogP contribution is 2.39. The first-order valence-corrected chi connectivity index (χ1v) is 21.1. The number of hydrogen-bond donors (Lipinski definition) is 20. The number of aliphatic hydroxyl groups excluding tert-OH is 20. The first-order valence-electron chi connectivity index (χ1n) is 21.1. The fraction of sp³-hybridized carbons (Fsp3) is 1.00. The van der Waals surface area contributed by atoms with Crippen molar-refractivity contribution in [3.8, 4) is 0 Å². The Balaban J connectivity index is 1.07. The van der Waals surface area contributed by atoms with Gasteiger partial charge in [-0.3, -0.25) is 0 Å². The van der Waals surface area contributed by atoms with Crippen LogP contribution >= 0.6 is 0 Å². The van der Waals surface area contributed by atoms with Crippen LogP contribution in [0.1, 0.15) is 0 Å². The standard InChI is InChI=1S/C36H62O31/c37-1-8-14(44)16(46)21(51)31(57-8)62-26-10(3-39)58-32(22(52)17(26)47)63-27-11(4-40)59-33(23(53)18(27)48)64-28-12(5-41)60-34(24(54)19(28)49)65-29-13(6-42)61-35(25(55)20(29)50)67-36(7-43)30(56)15(45)9(2-38)66-36/h8-35,37-56H,1-7H2/t8-,9-,10-,11-,12-,13-,14+,15-,16+,17-,18-,19-,20-,21-,22-,23-,24-,25-,26+,27+,28+,29+,30+,31+,32?,33+,34+,35+,36+/m1/s1. The minimum Gasteiger partial charge on any atom is -0.394 e. The molecule has 392 valence electrons. The summed E-state index contributed by atoms with van der Waals surface area (Å²) in [7, 11) is 0. The highest BCUT2D eigenvalue weighted by atomic mass is 16.8. The Labute approximate surface area is 378 Å². The van der Waals surface area contributed by atoms with E-state index in [1.807, 2.05) is 0 Å². The zero-order chi connectivity index (χ0) is 49.4. The summed E-state index contributed by atoms with van der Waals surface area (Å²) in [6, 6.07) is 0. The zero-order valence-electron chi connectivity index (χ0n) is 35.1. The summed E-state index contributed by atoms with van der Waals surface area (Å²) in [5.74, 6) is -2.50. The third-order valence-corrected chi connectivity index (χ3v) is 12.5. The van der Waals surface area contributed by atoms with E-state index in [0.717, 1.165) is 0 Å². The van der Waals surface area contributed by atoms with Crippen molar-refractivity contribution in [3.63, 3.8) is 0 Å². The molecule has 29 atom stereocenters. The molecule has 0 aliphatic carbocycles. The van der Waals surface area contributed by atoms with Gasteiger partial charge in [-0.1, -0.05) is 0 Å². The average molecular weight is 991 g/mol. The lowest BCUT2D eigenvalue weighted by molar-refractivity contribution is -0.405. The first-order chi connectivity index (χ1) is 31.8. The molecule has 6 aliphatic rings. The maximum atomic E-state index is 11.2. The molecular weight excluding hydrogens is 928 g/mol. The fourth-order valence-electron chi connectivity index (χ4n) is 8.58. The molecule has 6 rings (SSSR count). The van der Waals surface area contributed by atoms with Crippen molar-refractivity contribution in [1.82, 2.24) is 0 Å². The Morgan fingerprint density at radius 1 is 0.299 bits per heavy atom. The largest absolute Gasteiger partial charge is 0.394 e. The SMILES string of the molecule is OC[C@H]1O[C@@H](O[C@@H]2[C@H](O)[C@@H](O)C(O[C@@H]3[C@H](O)[C@@H](O)[C@H](O[C@@H]4[C@H](O)[C@@H](O)[C@H](O[C@@H]5[C@H](O)[C@@H](O)[C@H](O[C@]6(CO)O[C@H](CO)[C@@H](O)[C@@H]6O)O[C@@H]5CO)O[C@@H]4CO)O[C@@H]3CO)O[C@@H]2CO)[C@H](O)[C@@H](O)[C@H]1O. The molecule has 0 amide bonds. The lowest BCUT2D eigenvalue weighted by Gasteiger charge is -2.49. The van der Waals surface area contributed by atoms with Crippen molar-refractivity contribution >= 4 is 0 Å². The van der Waals surface area contributed by atoms with E-state index >= 15 is 0 Å². The summed E-state index contributed by atoms with van der Waals surface area (Å²) in [6.45, 7) is -6.84. The van der Waals surface area contributed by atoms with Gasteiger partial charge in [0.15, 0.2) is 31.5 Å². The molecule has 31 nitrogen and oxygen atoms in total. The Kier molecular flexibility index (Phi) is 19.0. The maximum absolute atomic E-state index is 11.2.